The number of amides is 3. The lowest BCUT2D eigenvalue weighted by molar-refractivity contribution is -0.121. The second-order valence-corrected chi connectivity index (χ2v) is 19.9. The summed E-state index contributed by atoms with van der Waals surface area (Å²) in [4.78, 5) is 69.0. The maximum absolute atomic E-state index is 15.9. The van der Waals surface area contributed by atoms with Crippen molar-refractivity contribution in [3.05, 3.63) is 119 Å². The minimum absolute atomic E-state index is 0.000401. The number of ketones is 1. The largest absolute Gasteiger partial charge is 0.478 e. The van der Waals surface area contributed by atoms with Crippen LogP contribution < -0.4 is 30.2 Å². The number of Topliss-reactive ketones (excluding diaryl/α,β-unsaturated/α-hetero) is 1. The van der Waals surface area contributed by atoms with Crippen LogP contribution in [0.2, 0.25) is 5.02 Å². The quantitative estimate of drug-likeness (QED) is 0.0241. The molecule has 1 atom stereocenters. The van der Waals surface area contributed by atoms with Gasteiger partial charge in [0.05, 0.1) is 55.0 Å². The number of aromatic carboxylic acids is 1. The first kappa shape index (κ1) is 53.6. The van der Waals surface area contributed by atoms with E-state index in [1.807, 2.05) is 10.6 Å². The van der Waals surface area contributed by atoms with E-state index in [0.29, 0.717) is 52.2 Å². The van der Waals surface area contributed by atoms with Crippen molar-refractivity contribution >= 4 is 79.1 Å². The van der Waals surface area contributed by atoms with Crippen LogP contribution in [0.3, 0.4) is 0 Å². The lowest BCUT2D eigenvalue weighted by Gasteiger charge is -2.22. The van der Waals surface area contributed by atoms with E-state index in [1.165, 1.54) is 73.7 Å². The number of carboxylic acids is 1. The van der Waals surface area contributed by atoms with E-state index in [9.17, 15) is 32.7 Å². The molecule has 73 heavy (non-hydrogen) atoms. The average molecular weight is 1030 g/mol. The first-order chi connectivity index (χ1) is 35.2. The fourth-order valence-corrected chi connectivity index (χ4v) is 10.6. The van der Waals surface area contributed by atoms with Crippen LogP contribution in [0, 0.1) is 0 Å². The Morgan fingerprint density at radius 2 is 1.42 bits per heavy atom. The summed E-state index contributed by atoms with van der Waals surface area (Å²) in [6, 6.07) is 26.7. The van der Waals surface area contributed by atoms with Gasteiger partial charge in [-0.2, -0.15) is 4.31 Å². The number of benzene rings is 5. The molecule has 0 aliphatic carbocycles. The molecule has 16 nitrogen and oxygen atoms in total. The molecule has 4 N–H and O–H groups in total. The van der Waals surface area contributed by atoms with E-state index in [2.05, 4.69) is 22.9 Å². The Bertz CT molecular complexity index is 3130. The predicted octanol–water partition coefficient (Wildman–Crippen LogP) is 11.5. The Morgan fingerprint density at radius 1 is 0.740 bits per heavy atom. The molecule has 1 aromatic heterocycles. The van der Waals surface area contributed by atoms with Gasteiger partial charge in [0, 0.05) is 37.4 Å². The summed E-state index contributed by atoms with van der Waals surface area (Å²) >= 11 is 6.70. The van der Waals surface area contributed by atoms with Crippen LogP contribution in [-0.4, -0.2) is 77.9 Å². The molecule has 0 radical (unpaired) electrons. The highest BCUT2D eigenvalue weighted by Gasteiger charge is 2.37. The predicted molar refractivity (Wildman–Crippen MR) is 282 cm³/mol. The van der Waals surface area contributed by atoms with Crippen LogP contribution in [0.1, 0.15) is 113 Å². The number of anilines is 3. The third kappa shape index (κ3) is 12.5. The fraction of sp³-hybridized carbons (Fsp3) is 0.327. The number of para-hydroxylation sites is 3. The first-order valence-electron chi connectivity index (χ1n) is 24.6. The topological polar surface area (TPSA) is 212 Å². The van der Waals surface area contributed by atoms with Crippen molar-refractivity contribution in [3.8, 4) is 34.2 Å². The van der Waals surface area contributed by atoms with Gasteiger partial charge in [-0.15, -0.1) is 0 Å². The summed E-state index contributed by atoms with van der Waals surface area (Å²) in [6.07, 6.45) is 8.12. The Hall–Kier alpha value is -7.21. The van der Waals surface area contributed by atoms with Gasteiger partial charge in [-0.1, -0.05) is 114 Å². The molecular weight excluding hydrogens is 974 g/mol. The highest BCUT2D eigenvalue weighted by Crippen LogP contribution is 2.43. The van der Waals surface area contributed by atoms with Gasteiger partial charge in [0.15, 0.2) is 11.5 Å². The minimum Gasteiger partial charge on any atom is -0.478 e. The van der Waals surface area contributed by atoms with Crippen molar-refractivity contribution in [2.24, 2.45) is 0 Å². The number of carbonyl (C=O) groups is 5. The number of nitrogens with one attached hydrogen (secondary N) is 3. The molecule has 5 aromatic carbocycles. The van der Waals surface area contributed by atoms with Crippen LogP contribution >= 0.6 is 11.6 Å². The zero-order valence-corrected chi connectivity index (χ0v) is 42.9. The number of carbonyl (C=O) groups excluding carboxylic acids is 4. The number of ether oxygens (including phenoxy) is 3. The van der Waals surface area contributed by atoms with Crippen LogP contribution in [0.4, 0.5) is 17.1 Å². The lowest BCUT2D eigenvalue weighted by Crippen LogP contribution is -2.40. The number of hydrogen-bond acceptors (Lipinski definition) is 10. The second-order valence-electron chi connectivity index (χ2n) is 17.6. The molecule has 0 spiro atoms. The van der Waals surface area contributed by atoms with Gasteiger partial charge in [-0.05, 0) is 79.2 Å². The van der Waals surface area contributed by atoms with E-state index in [0.717, 1.165) is 25.3 Å². The van der Waals surface area contributed by atoms with Crippen molar-refractivity contribution in [1.82, 2.24) is 8.87 Å². The molecule has 0 bridgehead atoms. The molecule has 2 heterocycles. The molecule has 3 amide bonds. The lowest BCUT2D eigenvalue weighted by atomic mass is 9.97. The number of aromatic nitrogens is 1. The van der Waals surface area contributed by atoms with E-state index in [1.54, 1.807) is 74.5 Å². The molecule has 0 saturated carbocycles. The number of unbranched alkanes of at least 4 members (excludes halogenated alkanes) is 8. The third-order valence-corrected chi connectivity index (χ3v) is 14.9. The zero-order valence-electron chi connectivity index (χ0n) is 41.3. The van der Waals surface area contributed by atoms with Crippen LogP contribution in [0.25, 0.3) is 27.8 Å². The molecule has 0 fully saturated rings. The maximum atomic E-state index is 15.9. The van der Waals surface area contributed by atoms with Gasteiger partial charge in [-0.3, -0.25) is 19.2 Å². The second kappa shape index (κ2) is 24.5. The Labute approximate surface area is 430 Å². The van der Waals surface area contributed by atoms with Gasteiger partial charge in [-0.25, -0.2) is 13.2 Å². The first-order valence-corrected chi connectivity index (χ1v) is 26.4. The fourth-order valence-electron chi connectivity index (χ4n) is 8.85. The molecule has 1 aliphatic heterocycles. The summed E-state index contributed by atoms with van der Waals surface area (Å²) in [5.74, 6) is -3.41. The van der Waals surface area contributed by atoms with Crippen molar-refractivity contribution in [2.45, 2.75) is 103 Å². The Balaban J connectivity index is 1.34. The van der Waals surface area contributed by atoms with E-state index < -0.39 is 39.7 Å². The summed E-state index contributed by atoms with van der Waals surface area (Å²) in [6.45, 7) is 7.16. The average Bonchev–Trinajstić information content (AvgIpc) is 3.99. The number of carboxylic acid groups (broad SMARTS) is 1. The van der Waals surface area contributed by atoms with E-state index in [4.69, 9.17) is 25.8 Å². The highest BCUT2D eigenvalue weighted by molar-refractivity contribution is 7.89. The molecule has 1 unspecified atom stereocenters. The molecular formula is C55H60ClN5O11S. The summed E-state index contributed by atoms with van der Waals surface area (Å²) < 4.78 is 47.8. The highest BCUT2D eigenvalue weighted by atomic mass is 35.5. The van der Waals surface area contributed by atoms with Gasteiger partial charge in [0.1, 0.15) is 5.75 Å². The number of halogens is 1. The number of fused-ring (bicyclic) bond motifs is 2. The summed E-state index contributed by atoms with van der Waals surface area (Å²) in [7, 11) is -3.96. The monoisotopic (exact) mass is 1030 g/mol. The van der Waals surface area contributed by atoms with Crippen molar-refractivity contribution in [1.29, 1.82) is 0 Å². The minimum atomic E-state index is -3.96. The zero-order chi connectivity index (χ0) is 52.2. The van der Waals surface area contributed by atoms with Crippen LogP contribution in [0.5, 0.6) is 17.2 Å². The van der Waals surface area contributed by atoms with Crippen molar-refractivity contribution < 1.29 is 51.7 Å². The van der Waals surface area contributed by atoms with Crippen LogP contribution in [-0.2, 0) is 24.4 Å². The standard InChI is InChI=1S/C55H60ClN5O11S/c1-5-8-9-10-11-12-13-14-15-24-49(63)58-42-21-17-19-23-45(42)61-44-22-18-16-20-39(44)50(51(61)36-25-30-47-48(32-36)71-34-70-47)52(64)53(72-46-29-26-37(55(66)67)31-43(46)57-35(4)62)54(65)59-41-28-27-38(33-40(41)56)73(68,69)60(6-2)7-3/h16-23,25-33,53H,5-15,24,34H2,1-4H3,(H,57,62)(H,58,63)(H,59,65)(H,66,67). The number of sulfonamides is 1. The van der Waals surface area contributed by atoms with Crippen molar-refractivity contribution in [3.63, 3.8) is 0 Å². The third-order valence-electron chi connectivity index (χ3n) is 12.5. The van der Waals surface area contributed by atoms with Crippen LogP contribution in [0.15, 0.2) is 108 Å². The summed E-state index contributed by atoms with van der Waals surface area (Å²) in [5.41, 5.74) is 1.77. The molecule has 0 saturated heterocycles. The molecule has 6 aromatic rings. The maximum Gasteiger partial charge on any atom is 0.335 e. The number of rotatable bonds is 25. The van der Waals surface area contributed by atoms with Gasteiger partial charge in [0.2, 0.25) is 40.5 Å². The van der Waals surface area contributed by atoms with Gasteiger partial charge < -0.3 is 39.8 Å². The smallest absolute Gasteiger partial charge is 0.335 e. The number of nitrogens with zero attached hydrogens (tertiary/aromatic N) is 2. The SMILES string of the molecule is CCCCCCCCCCCC(=O)Nc1ccccc1-n1c(-c2ccc3c(c2)OCO3)c(C(=O)C(Oc2ccc(C(=O)O)cc2NC(C)=O)C(=O)Nc2ccc(S(=O)(=O)N(CC)CC)cc2Cl)c2ccccc21. The normalized spacial score (nSPS) is 12.4. The Kier molecular flexibility index (Phi) is 18.0. The van der Waals surface area contributed by atoms with Gasteiger partial charge in [0.25, 0.3) is 5.91 Å². The Morgan fingerprint density at radius 3 is 2.12 bits per heavy atom. The molecule has 384 valence electrons. The van der Waals surface area contributed by atoms with Crippen molar-refractivity contribution in [2.75, 3.05) is 35.8 Å². The molecule has 1 aliphatic rings. The summed E-state index contributed by atoms with van der Waals surface area (Å²) in [5, 5.41) is 18.4. The van der Waals surface area contributed by atoms with Gasteiger partial charge >= 0.3 is 5.97 Å². The van der Waals surface area contributed by atoms with E-state index in [-0.39, 0.29) is 69.7 Å². The number of hydrogen-bond donors (Lipinski definition) is 4. The molecule has 18 heteroatoms. The molecule has 7 rings (SSSR count). The van der Waals surface area contributed by atoms with E-state index >= 15 is 4.79 Å².